The SMILES string of the molecule is O=C(C1CC12CCNCC2)N1CCC(CCO)C1. The third-order valence-electron chi connectivity index (χ3n) is 5.22. The Balaban J connectivity index is 1.54. The molecule has 4 heteroatoms. The molecule has 1 amide bonds. The van der Waals surface area contributed by atoms with Gasteiger partial charge in [0.1, 0.15) is 0 Å². The number of piperidine rings is 1. The summed E-state index contributed by atoms with van der Waals surface area (Å²) in [5.74, 6) is 1.24. The van der Waals surface area contributed by atoms with Gasteiger partial charge >= 0.3 is 0 Å². The van der Waals surface area contributed by atoms with E-state index in [1.54, 1.807) is 0 Å². The predicted molar refractivity (Wildman–Crippen MR) is 69.0 cm³/mol. The van der Waals surface area contributed by atoms with Crippen molar-refractivity contribution in [3.05, 3.63) is 0 Å². The van der Waals surface area contributed by atoms with Gasteiger partial charge in [0.15, 0.2) is 0 Å². The number of hydrogen-bond donors (Lipinski definition) is 2. The molecule has 2 N–H and O–H groups in total. The van der Waals surface area contributed by atoms with Crippen LogP contribution >= 0.6 is 0 Å². The maximum absolute atomic E-state index is 12.5. The summed E-state index contributed by atoms with van der Waals surface area (Å²) < 4.78 is 0. The van der Waals surface area contributed by atoms with E-state index in [1.165, 1.54) is 12.8 Å². The number of nitrogens with zero attached hydrogens (tertiary/aromatic N) is 1. The van der Waals surface area contributed by atoms with Crippen molar-refractivity contribution in [3.63, 3.8) is 0 Å². The van der Waals surface area contributed by atoms with Gasteiger partial charge in [0.05, 0.1) is 0 Å². The van der Waals surface area contributed by atoms with Crippen LogP contribution in [0.3, 0.4) is 0 Å². The van der Waals surface area contributed by atoms with E-state index in [-0.39, 0.29) is 6.61 Å². The number of aliphatic hydroxyl groups excluding tert-OH is 1. The van der Waals surface area contributed by atoms with Crippen LogP contribution in [0.4, 0.5) is 0 Å². The molecule has 2 saturated heterocycles. The molecule has 18 heavy (non-hydrogen) atoms. The van der Waals surface area contributed by atoms with Gasteiger partial charge in [-0.2, -0.15) is 0 Å². The van der Waals surface area contributed by atoms with Crippen LogP contribution in [0.25, 0.3) is 0 Å². The van der Waals surface area contributed by atoms with E-state index in [1.807, 2.05) is 0 Å². The molecule has 1 aliphatic carbocycles. The largest absolute Gasteiger partial charge is 0.396 e. The van der Waals surface area contributed by atoms with Gasteiger partial charge in [-0.3, -0.25) is 4.79 Å². The van der Waals surface area contributed by atoms with Crippen molar-refractivity contribution in [2.45, 2.75) is 32.1 Å². The maximum Gasteiger partial charge on any atom is 0.226 e. The van der Waals surface area contributed by atoms with Gasteiger partial charge < -0.3 is 15.3 Å². The summed E-state index contributed by atoms with van der Waals surface area (Å²) in [5, 5.41) is 12.3. The van der Waals surface area contributed by atoms with E-state index in [4.69, 9.17) is 5.11 Å². The van der Waals surface area contributed by atoms with E-state index in [9.17, 15) is 4.79 Å². The summed E-state index contributed by atoms with van der Waals surface area (Å²) >= 11 is 0. The van der Waals surface area contributed by atoms with E-state index in [0.717, 1.165) is 45.4 Å². The summed E-state index contributed by atoms with van der Waals surface area (Å²) in [6, 6.07) is 0. The second-order valence-electron chi connectivity index (χ2n) is 6.32. The standard InChI is InChI=1S/C14H24N2O2/c17-8-2-11-1-7-16(10-11)13(18)12-9-14(12)3-5-15-6-4-14/h11-12,15,17H,1-10H2. The number of hydrogen-bond acceptors (Lipinski definition) is 3. The quantitative estimate of drug-likeness (QED) is 0.773. The Hall–Kier alpha value is -0.610. The highest BCUT2D eigenvalue weighted by molar-refractivity contribution is 5.83. The Kier molecular flexibility index (Phi) is 3.32. The van der Waals surface area contributed by atoms with Crippen LogP contribution in [0, 0.1) is 17.3 Å². The number of carbonyl (C=O) groups is 1. The molecule has 0 aromatic heterocycles. The van der Waals surface area contributed by atoms with Crippen molar-refractivity contribution >= 4 is 5.91 Å². The lowest BCUT2D eigenvalue weighted by Crippen LogP contribution is -2.35. The van der Waals surface area contributed by atoms with Crippen LogP contribution in [0.5, 0.6) is 0 Å². The molecule has 1 saturated carbocycles. The average molecular weight is 252 g/mol. The second-order valence-corrected chi connectivity index (χ2v) is 6.32. The molecule has 2 atom stereocenters. The highest BCUT2D eigenvalue weighted by atomic mass is 16.3. The van der Waals surface area contributed by atoms with E-state index in [0.29, 0.717) is 23.2 Å². The fourth-order valence-electron chi connectivity index (χ4n) is 3.85. The van der Waals surface area contributed by atoms with E-state index < -0.39 is 0 Å². The number of aliphatic hydroxyl groups is 1. The molecule has 2 unspecified atom stereocenters. The van der Waals surface area contributed by atoms with Crippen molar-refractivity contribution in [1.29, 1.82) is 0 Å². The lowest BCUT2D eigenvalue weighted by Gasteiger charge is -2.25. The topological polar surface area (TPSA) is 52.6 Å². The van der Waals surface area contributed by atoms with Crippen molar-refractivity contribution in [1.82, 2.24) is 10.2 Å². The molecule has 3 aliphatic rings. The Morgan fingerprint density at radius 2 is 2.17 bits per heavy atom. The lowest BCUT2D eigenvalue weighted by atomic mass is 9.91. The van der Waals surface area contributed by atoms with Crippen LogP contribution in [-0.4, -0.2) is 48.7 Å². The van der Waals surface area contributed by atoms with Crippen LogP contribution in [-0.2, 0) is 4.79 Å². The second kappa shape index (κ2) is 4.82. The molecule has 102 valence electrons. The summed E-state index contributed by atoms with van der Waals surface area (Å²) in [5.41, 5.74) is 0.359. The third kappa shape index (κ3) is 2.16. The molecular formula is C14H24N2O2. The first kappa shape index (κ1) is 12.4. The Bertz CT molecular complexity index is 326. The molecule has 2 heterocycles. The maximum atomic E-state index is 12.5. The van der Waals surface area contributed by atoms with Crippen molar-refractivity contribution < 1.29 is 9.90 Å². The molecule has 2 aliphatic heterocycles. The van der Waals surface area contributed by atoms with Crippen LogP contribution in [0.15, 0.2) is 0 Å². The minimum atomic E-state index is 0.256. The molecule has 1 spiro atoms. The van der Waals surface area contributed by atoms with E-state index >= 15 is 0 Å². The summed E-state index contributed by atoms with van der Waals surface area (Å²) in [6.45, 7) is 4.21. The Morgan fingerprint density at radius 1 is 1.39 bits per heavy atom. The average Bonchev–Trinajstić information content (AvgIpc) is 2.87. The lowest BCUT2D eigenvalue weighted by molar-refractivity contribution is -0.132. The minimum absolute atomic E-state index is 0.256. The van der Waals surface area contributed by atoms with Crippen LogP contribution < -0.4 is 5.32 Å². The number of rotatable bonds is 3. The molecule has 0 aromatic carbocycles. The summed E-state index contributed by atoms with van der Waals surface area (Å²) in [7, 11) is 0. The Morgan fingerprint density at radius 3 is 2.89 bits per heavy atom. The normalized spacial score (nSPS) is 33.9. The fourth-order valence-corrected chi connectivity index (χ4v) is 3.85. The molecule has 0 aromatic rings. The molecule has 4 nitrogen and oxygen atoms in total. The van der Waals surface area contributed by atoms with Gasteiger partial charge in [0.2, 0.25) is 5.91 Å². The molecule has 3 rings (SSSR count). The van der Waals surface area contributed by atoms with Crippen LogP contribution in [0.2, 0.25) is 0 Å². The van der Waals surface area contributed by atoms with Crippen LogP contribution in [0.1, 0.15) is 32.1 Å². The summed E-state index contributed by atoms with van der Waals surface area (Å²) in [6.07, 6.45) is 5.40. The van der Waals surface area contributed by atoms with E-state index in [2.05, 4.69) is 10.2 Å². The first-order chi connectivity index (χ1) is 8.75. The van der Waals surface area contributed by atoms with Gasteiger partial charge in [-0.1, -0.05) is 0 Å². The first-order valence-electron chi connectivity index (χ1n) is 7.35. The zero-order chi connectivity index (χ0) is 12.6. The van der Waals surface area contributed by atoms with Gasteiger partial charge in [0.25, 0.3) is 0 Å². The molecule has 0 radical (unpaired) electrons. The first-order valence-corrected chi connectivity index (χ1v) is 7.35. The monoisotopic (exact) mass is 252 g/mol. The number of carbonyl (C=O) groups excluding carboxylic acids is 1. The van der Waals surface area contributed by atoms with Gasteiger partial charge in [-0.15, -0.1) is 0 Å². The van der Waals surface area contributed by atoms with Crippen molar-refractivity contribution in [2.75, 3.05) is 32.8 Å². The number of nitrogens with one attached hydrogen (secondary N) is 1. The summed E-state index contributed by atoms with van der Waals surface area (Å²) in [4.78, 5) is 14.5. The third-order valence-corrected chi connectivity index (χ3v) is 5.22. The Labute approximate surface area is 109 Å². The van der Waals surface area contributed by atoms with Gasteiger partial charge in [-0.25, -0.2) is 0 Å². The fraction of sp³-hybridized carbons (Fsp3) is 0.929. The zero-order valence-electron chi connectivity index (χ0n) is 11.0. The van der Waals surface area contributed by atoms with Gasteiger partial charge in [0, 0.05) is 25.6 Å². The van der Waals surface area contributed by atoms with Crippen molar-refractivity contribution in [3.8, 4) is 0 Å². The molecule has 3 fully saturated rings. The number of likely N-dealkylation sites (tertiary alicyclic amines) is 1. The number of amides is 1. The smallest absolute Gasteiger partial charge is 0.226 e. The van der Waals surface area contributed by atoms with Gasteiger partial charge in [-0.05, 0) is 56.5 Å². The molecule has 0 bridgehead atoms. The molecular weight excluding hydrogens is 228 g/mol. The highest BCUT2D eigenvalue weighted by Crippen LogP contribution is 2.59. The highest BCUT2D eigenvalue weighted by Gasteiger charge is 2.58. The minimum Gasteiger partial charge on any atom is -0.396 e. The predicted octanol–water partition coefficient (Wildman–Crippen LogP) is 0.607. The van der Waals surface area contributed by atoms with Crippen molar-refractivity contribution in [2.24, 2.45) is 17.3 Å². The zero-order valence-corrected chi connectivity index (χ0v) is 11.0.